The molecular formula is C28H25FN2O3. The molecule has 2 aliphatic rings. The summed E-state index contributed by atoms with van der Waals surface area (Å²) < 4.78 is 19.6. The zero-order valence-corrected chi connectivity index (χ0v) is 18.8. The molecule has 3 atom stereocenters. The van der Waals surface area contributed by atoms with E-state index in [1.807, 2.05) is 42.5 Å². The van der Waals surface area contributed by atoms with Crippen LogP contribution >= 0.6 is 0 Å². The number of benzene rings is 3. The van der Waals surface area contributed by atoms with Crippen LogP contribution < -0.4 is 10.1 Å². The summed E-state index contributed by atoms with van der Waals surface area (Å²) in [6, 6.07) is 19.0. The van der Waals surface area contributed by atoms with Crippen LogP contribution in [0.2, 0.25) is 0 Å². The SMILES string of the molecule is COc1ccc(C#Cc2ccc3c(c2)[C@@H]2[C@@H](CCN2C(=O)c2ccccc2F)[C@@H](CO)N3)cc1. The quantitative estimate of drug-likeness (QED) is 0.580. The Balaban J connectivity index is 1.50. The van der Waals surface area contributed by atoms with Gasteiger partial charge < -0.3 is 20.1 Å². The van der Waals surface area contributed by atoms with Gasteiger partial charge in [0.1, 0.15) is 11.6 Å². The minimum atomic E-state index is -0.525. The number of aliphatic hydroxyl groups is 1. The summed E-state index contributed by atoms with van der Waals surface area (Å²) in [5.74, 6) is 6.32. The fourth-order valence-corrected chi connectivity index (χ4v) is 4.98. The van der Waals surface area contributed by atoms with Gasteiger partial charge in [0.05, 0.1) is 31.4 Å². The molecule has 0 bridgehead atoms. The van der Waals surface area contributed by atoms with Gasteiger partial charge in [-0.2, -0.15) is 0 Å². The minimum absolute atomic E-state index is 0.0259. The molecule has 5 nitrogen and oxygen atoms in total. The Bertz CT molecular complexity index is 1280. The molecule has 2 heterocycles. The third kappa shape index (κ3) is 4.00. The lowest BCUT2D eigenvalue weighted by Crippen LogP contribution is -2.43. The number of hydrogen-bond acceptors (Lipinski definition) is 4. The normalized spacial score (nSPS) is 20.4. The molecule has 1 saturated heterocycles. The predicted molar refractivity (Wildman–Crippen MR) is 128 cm³/mol. The molecule has 0 saturated carbocycles. The number of nitrogens with zero attached hydrogens (tertiary/aromatic N) is 1. The van der Waals surface area contributed by atoms with Crippen molar-refractivity contribution in [3.05, 3.63) is 94.8 Å². The molecule has 1 fully saturated rings. The number of hydrogen-bond donors (Lipinski definition) is 2. The zero-order chi connectivity index (χ0) is 23.7. The van der Waals surface area contributed by atoms with Gasteiger partial charge in [0.25, 0.3) is 5.91 Å². The molecule has 34 heavy (non-hydrogen) atoms. The monoisotopic (exact) mass is 456 g/mol. The van der Waals surface area contributed by atoms with E-state index in [1.165, 1.54) is 12.1 Å². The molecular weight excluding hydrogens is 431 g/mol. The van der Waals surface area contributed by atoms with Crippen LogP contribution in [0, 0.1) is 23.6 Å². The Morgan fingerprint density at radius 2 is 1.85 bits per heavy atom. The lowest BCUT2D eigenvalue weighted by atomic mass is 9.82. The second-order valence-corrected chi connectivity index (χ2v) is 8.59. The molecule has 2 aliphatic heterocycles. The van der Waals surface area contributed by atoms with Crippen LogP contribution in [0.4, 0.5) is 10.1 Å². The Labute approximate surface area is 198 Å². The number of nitrogens with one attached hydrogen (secondary N) is 1. The van der Waals surface area contributed by atoms with Crippen molar-refractivity contribution in [1.29, 1.82) is 0 Å². The van der Waals surface area contributed by atoms with Crippen LogP contribution in [-0.4, -0.2) is 42.2 Å². The summed E-state index contributed by atoms with van der Waals surface area (Å²) in [6.45, 7) is 0.462. The first kappa shape index (κ1) is 22.0. The fraction of sp³-hybridized carbons (Fsp3) is 0.250. The molecule has 6 heteroatoms. The van der Waals surface area contributed by atoms with Gasteiger partial charge in [-0.15, -0.1) is 0 Å². The summed E-state index contributed by atoms with van der Waals surface area (Å²) in [4.78, 5) is 15.1. The number of halogens is 1. The third-order valence-electron chi connectivity index (χ3n) is 6.68. The van der Waals surface area contributed by atoms with E-state index >= 15 is 0 Å². The highest BCUT2D eigenvalue weighted by Crippen LogP contribution is 2.47. The van der Waals surface area contributed by atoms with Crippen LogP contribution in [0.3, 0.4) is 0 Å². The van der Waals surface area contributed by atoms with Crippen molar-refractivity contribution >= 4 is 11.6 Å². The summed E-state index contributed by atoms with van der Waals surface area (Å²) in [7, 11) is 1.62. The van der Waals surface area contributed by atoms with E-state index < -0.39 is 5.82 Å². The highest BCUT2D eigenvalue weighted by atomic mass is 19.1. The van der Waals surface area contributed by atoms with E-state index in [9.17, 15) is 14.3 Å². The van der Waals surface area contributed by atoms with Crippen molar-refractivity contribution in [1.82, 2.24) is 4.90 Å². The first-order chi connectivity index (χ1) is 16.6. The van der Waals surface area contributed by atoms with Crippen LogP contribution in [0.25, 0.3) is 0 Å². The molecule has 0 spiro atoms. The Morgan fingerprint density at radius 3 is 2.59 bits per heavy atom. The van der Waals surface area contributed by atoms with Gasteiger partial charge in [-0.3, -0.25) is 4.79 Å². The van der Waals surface area contributed by atoms with Crippen molar-refractivity contribution in [2.24, 2.45) is 5.92 Å². The predicted octanol–water partition coefficient (Wildman–Crippen LogP) is 4.22. The second-order valence-electron chi connectivity index (χ2n) is 8.59. The zero-order valence-electron chi connectivity index (χ0n) is 18.8. The third-order valence-corrected chi connectivity index (χ3v) is 6.68. The first-order valence-corrected chi connectivity index (χ1v) is 11.3. The average Bonchev–Trinajstić information content (AvgIpc) is 3.33. The second kappa shape index (κ2) is 9.20. The van der Waals surface area contributed by atoms with Crippen molar-refractivity contribution < 1.29 is 19.0 Å². The molecule has 0 unspecified atom stereocenters. The molecule has 172 valence electrons. The molecule has 0 aliphatic carbocycles. The standard InChI is InChI=1S/C28H25FN2O3/c1-34-20-11-8-18(9-12-20)6-7-19-10-13-25-23(16-19)27-22(26(17-32)30-25)14-15-31(27)28(33)21-4-2-3-5-24(21)29/h2-5,8-13,16,22,26-27,30,32H,14-15,17H2,1H3/t22-,26+,27-/m0/s1. The lowest BCUT2D eigenvalue weighted by molar-refractivity contribution is 0.0696. The van der Waals surface area contributed by atoms with Gasteiger partial charge in [0.15, 0.2) is 0 Å². The first-order valence-electron chi connectivity index (χ1n) is 11.3. The molecule has 0 aromatic heterocycles. The van der Waals surface area contributed by atoms with E-state index in [0.717, 1.165) is 34.5 Å². The van der Waals surface area contributed by atoms with E-state index in [-0.39, 0.29) is 36.1 Å². The highest BCUT2D eigenvalue weighted by molar-refractivity contribution is 5.95. The smallest absolute Gasteiger partial charge is 0.257 e. The van der Waals surface area contributed by atoms with Crippen LogP contribution in [0.15, 0.2) is 66.7 Å². The van der Waals surface area contributed by atoms with Gasteiger partial charge in [0, 0.05) is 29.3 Å². The van der Waals surface area contributed by atoms with Crippen molar-refractivity contribution in [2.75, 3.05) is 25.6 Å². The molecule has 2 N–H and O–H groups in total. The van der Waals surface area contributed by atoms with Crippen molar-refractivity contribution in [2.45, 2.75) is 18.5 Å². The Morgan fingerprint density at radius 1 is 1.12 bits per heavy atom. The summed E-state index contributed by atoms with van der Waals surface area (Å²) in [5, 5.41) is 13.4. The Kier molecular flexibility index (Phi) is 5.95. The maximum Gasteiger partial charge on any atom is 0.257 e. The van der Waals surface area contributed by atoms with E-state index in [1.54, 1.807) is 24.1 Å². The molecule has 0 radical (unpaired) electrons. The lowest BCUT2D eigenvalue weighted by Gasteiger charge is -2.39. The number of ether oxygens (including phenoxy) is 1. The Hall–Kier alpha value is -3.82. The van der Waals surface area contributed by atoms with E-state index in [0.29, 0.717) is 6.54 Å². The van der Waals surface area contributed by atoms with Crippen molar-refractivity contribution in [3.63, 3.8) is 0 Å². The van der Waals surface area contributed by atoms with Crippen LogP contribution in [-0.2, 0) is 0 Å². The maximum absolute atomic E-state index is 14.4. The average molecular weight is 457 g/mol. The van der Waals surface area contributed by atoms with Gasteiger partial charge in [-0.05, 0) is 66.6 Å². The van der Waals surface area contributed by atoms with E-state index in [2.05, 4.69) is 17.2 Å². The van der Waals surface area contributed by atoms with Gasteiger partial charge in [-0.25, -0.2) is 4.39 Å². The number of carbonyl (C=O) groups excluding carboxylic acids is 1. The van der Waals surface area contributed by atoms with E-state index in [4.69, 9.17) is 4.74 Å². The molecule has 5 rings (SSSR count). The topological polar surface area (TPSA) is 61.8 Å². The number of amides is 1. The molecule has 3 aromatic carbocycles. The van der Waals surface area contributed by atoms with Gasteiger partial charge >= 0.3 is 0 Å². The molecule has 3 aromatic rings. The summed E-state index contributed by atoms with van der Waals surface area (Å²) in [5.41, 5.74) is 3.57. The number of rotatable bonds is 3. The van der Waals surface area contributed by atoms with Crippen molar-refractivity contribution in [3.8, 4) is 17.6 Å². The number of carbonyl (C=O) groups is 1. The minimum Gasteiger partial charge on any atom is -0.497 e. The van der Waals surface area contributed by atoms with Gasteiger partial charge in [0.2, 0.25) is 0 Å². The maximum atomic E-state index is 14.4. The number of fused-ring (bicyclic) bond motifs is 3. The summed E-state index contributed by atoms with van der Waals surface area (Å²) >= 11 is 0. The number of likely N-dealkylation sites (tertiary alicyclic amines) is 1. The fourth-order valence-electron chi connectivity index (χ4n) is 4.98. The van der Waals surface area contributed by atoms with Gasteiger partial charge in [-0.1, -0.05) is 24.0 Å². The number of methoxy groups -OCH3 is 1. The highest BCUT2D eigenvalue weighted by Gasteiger charge is 2.46. The summed E-state index contributed by atoms with van der Waals surface area (Å²) in [6.07, 6.45) is 0.726. The van der Waals surface area contributed by atoms with Crippen LogP contribution in [0.5, 0.6) is 5.75 Å². The largest absolute Gasteiger partial charge is 0.497 e. The number of anilines is 1. The van der Waals surface area contributed by atoms with Crippen LogP contribution in [0.1, 0.15) is 39.5 Å². The number of aliphatic hydroxyl groups excluding tert-OH is 1. The molecule has 1 amide bonds.